The van der Waals surface area contributed by atoms with Crippen LogP contribution in [-0.2, 0) is 95.2 Å². The van der Waals surface area contributed by atoms with Crippen LogP contribution in [0.2, 0.25) is 0 Å². The van der Waals surface area contributed by atoms with Gasteiger partial charge in [-0.3, -0.25) is 38.4 Å². The maximum Gasteiger partial charge on any atom is 0.303 e. The van der Waals surface area contributed by atoms with Gasteiger partial charge < -0.3 is 56.8 Å². The van der Waals surface area contributed by atoms with Crippen LogP contribution in [0.25, 0.3) is 0 Å². The van der Waals surface area contributed by atoms with E-state index >= 15 is 0 Å². The van der Waals surface area contributed by atoms with Crippen LogP contribution in [0.3, 0.4) is 0 Å². The van der Waals surface area contributed by atoms with Crippen LogP contribution in [0.1, 0.15) is 55.4 Å². The van der Waals surface area contributed by atoms with Gasteiger partial charge in [-0.15, -0.1) is 0 Å². The van der Waals surface area contributed by atoms with Gasteiger partial charge in [0.2, 0.25) is 0 Å². The second-order valence-electron chi connectivity index (χ2n) is 11.4. The third-order valence-electron chi connectivity index (χ3n) is 6.78. The zero-order chi connectivity index (χ0) is 40.5. The number of hydrogen-bond donors (Lipinski definition) is 0. The molecule has 0 aromatic carbocycles. The van der Waals surface area contributed by atoms with Crippen LogP contribution in [-0.4, -0.2) is 136 Å². The largest absolute Gasteiger partial charge is 0.463 e. The molecule has 20 heteroatoms. The molecule has 2 saturated heterocycles. The van der Waals surface area contributed by atoms with E-state index in [0.717, 1.165) is 55.4 Å². The fourth-order valence-corrected chi connectivity index (χ4v) is 5.05. The average molecular weight is 771 g/mol. The molecule has 2 fully saturated rings. The van der Waals surface area contributed by atoms with Crippen molar-refractivity contribution in [2.75, 3.05) is 26.4 Å². The summed E-state index contributed by atoms with van der Waals surface area (Å²) in [7, 11) is 0. The lowest BCUT2D eigenvalue weighted by Gasteiger charge is -2.43. The van der Waals surface area contributed by atoms with Crippen LogP contribution >= 0.6 is 0 Å². The third-order valence-corrected chi connectivity index (χ3v) is 6.78. The van der Waals surface area contributed by atoms with Crippen molar-refractivity contribution >= 4 is 47.8 Å². The molecule has 0 saturated carbocycles. The summed E-state index contributed by atoms with van der Waals surface area (Å²) in [5.74, 6) is 3.88. The molecule has 0 aromatic heterocycles. The average Bonchev–Trinajstić information content (AvgIpc) is 3.04. The van der Waals surface area contributed by atoms with Crippen molar-refractivity contribution in [2.24, 2.45) is 0 Å². The van der Waals surface area contributed by atoms with Crippen molar-refractivity contribution < 1.29 is 95.2 Å². The van der Waals surface area contributed by atoms with E-state index < -0.39 is 136 Å². The Bertz CT molecular complexity index is 1400. The first kappa shape index (κ1) is 44.9. The van der Waals surface area contributed by atoms with Gasteiger partial charge in [-0.25, -0.2) is 0 Å². The molecular weight excluding hydrogens is 728 g/mol. The molecule has 0 N–H and O–H groups in total. The Kier molecular flexibility index (Phi) is 18.3. The molecule has 2 heterocycles. The van der Waals surface area contributed by atoms with E-state index in [0.29, 0.717) is 0 Å². The molecule has 0 aliphatic carbocycles. The minimum atomic E-state index is -1.46. The van der Waals surface area contributed by atoms with Crippen molar-refractivity contribution in [2.45, 2.75) is 117 Å². The van der Waals surface area contributed by atoms with Crippen molar-refractivity contribution in [1.29, 1.82) is 0 Å². The first-order valence-electron chi connectivity index (χ1n) is 16.2. The van der Waals surface area contributed by atoms with Crippen LogP contribution < -0.4 is 0 Å². The Labute approximate surface area is 309 Å². The number of hydrogen-bond acceptors (Lipinski definition) is 20. The van der Waals surface area contributed by atoms with Gasteiger partial charge in [0.05, 0.1) is 0 Å². The minimum absolute atomic E-state index is 0.400. The van der Waals surface area contributed by atoms with Gasteiger partial charge in [-0.05, 0) is 11.8 Å². The topological polar surface area (TPSA) is 247 Å². The van der Waals surface area contributed by atoms with Gasteiger partial charge in [0.15, 0.2) is 49.2 Å². The quantitative estimate of drug-likeness (QED) is 0.119. The lowest BCUT2D eigenvalue weighted by atomic mass is 9.98. The molecule has 2 rings (SSSR count). The molecule has 0 radical (unpaired) electrons. The number of rotatable bonds is 14. The molecule has 0 spiro atoms. The summed E-state index contributed by atoms with van der Waals surface area (Å²) < 4.78 is 64.9. The van der Waals surface area contributed by atoms with E-state index in [1.54, 1.807) is 0 Å². The standard InChI is InChI=1S/C34H42O20/c1-17(35)45-15-25-27(47-19(3)37)29(49-21(5)39)31(51-23(7)41)33(53-25)43-13-11-9-10-12-14-44-34-32(52-24(8)42)30(50-22(6)40)28(48-20(4)38)26(54-34)16-46-18(2)36/h25-34H,13-16H2,1-8H3/t25-,26-,27+,28+,29+,30+,31-,32-,33-,34-/m1/s1. The molecule has 0 aromatic rings. The summed E-state index contributed by atoms with van der Waals surface area (Å²) in [5, 5.41) is 0. The molecule has 10 atom stereocenters. The summed E-state index contributed by atoms with van der Waals surface area (Å²) in [6, 6.07) is 0. The molecule has 2 aliphatic heterocycles. The molecule has 0 amide bonds. The Morgan fingerprint density at radius 1 is 0.407 bits per heavy atom. The molecular formula is C34H42O20. The maximum absolute atomic E-state index is 12.0. The Morgan fingerprint density at radius 2 is 0.685 bits per heavy atom. The third kappa shape index (κ3) is 15.4. The van der Waals surface area contributed by atoms with Crippen LogP contribution in [0.15, 0.2) is 0 Å². The summed E-state index contributed by atoms with van der Waals surface area (Å²) in [6.45, 7) is 7.04. The second kappa shape index (κ2) is 22.1. The highest BCUT2D eigenvalue weighted by atomic mass is 16.7. The number of ether oxygens (including phenoxy) is 12. The highest BCUT2D eigenvalue weighted by molar-refractivity contribution is 5.70. The van der Waals surface area contributed by atoms with Gasteiger partial charge in [0, 0.05) is 55.4 Å². The summed E-state index contributed by atoms with van der Waals surface area (Å²) in [5.41, 5.74) is 0. The van der Waals surface area contributed by atoms with E-state index in [2.05, 4.69) is 23.7 Å². The van der Waals surface area contributed by atoms with Crippen LogP contribution in [0.4, 0.5) is 0 Å². The van der Waals surface area contributed by atoms with Crippen LogP contribution in [0, 0.1) is 23.7 Å². The fourth-order valence-electron chi connectivity index (χ4n) is 5.05. The smallest absolute Gasteiger partial charge is 0.303 e. The molecule has 298 valence electrons. The van der Waals surface area contributed by atoms with Crippen molar-refractivity contribution in [3.8, 4) is 23.7 Å². The molecule has 0 bridgehead atoms. The highest BCUT2D eigenvalue weighted by Gasteiger charge is 2.54. The summed E-state index contributed by atoms with van der Waals surface area (Å²) in [4.78, 5) is 94.7. The lowest BCUT2D eigenvalue weighted by Crippen LogP contribution is -2.63. The van der Waals surface area contributed by atoms with Gasteiger partial charge in [0.1, 0.15) is 38.6 Å². The normalized spacial score (nSPS) is 27.1. The zero-order valence-corrected chi connectivity index (χ0v) is 30.8. The molecule has 0 unspecified atom stereocenters. The first-order valence-corrected chi connectivity index (χ1v) is 16.2. The SMILES string of the molecule is CC(=O)OC[C@H]1O[C@@H](OCC#CC#CCO[C@@H]2O[C@H](COC(C)=O)[C@H](OC(C)=O)[C@H](OC(C)=O)[C@H]2OC(C)=O)[C@H](OC(C)=O)[C@@H](OC(C)=O)[C@H]1OC(C)=O. The summed E-state index contributed by atoms with van der Waals surface area (Å²) in [6.07, 6.45) is -13.9. The minimum Gasteiger partial charge on any atom is -0.463 e. The number of carbonyl (C=O) groups excluding carboxylic acids is 8. The van der Waals surface area contributed by atoms with Gasteiger partial charge >= 0.3 is 47.8 Å². The zero-order valence-electron chi connectivity index (χ0n) is 30.8. The van der Waals surface area contributed by atoms with Crippen LogP contribution in [0.5, 0.6) is 0 Å². The van der Waals surface area contributed by atoms with Crippen molar-refractivity contribution in [1.82, 2.24) is 0 Å². The Hall–Kier alpha value is -5.28. The molecule has 2 aliphatic rings. The predicted molar refractivity (Wildman–Crippen MR) is 171 cm³/mol. The monoisotopic (exact) mass is 770 g/mol. The summed E-state index contributed by atoms with van der Waals surface area (Å²) >= 11 is 0. The van der Waals surface area contributed by atoms with Gasteiger partial charge in [-0.1, -0.05) is 11.8 Å². The highest BCUT2D eigenvalue weighted by Crippen LogP contribution is 2.31. The van der Waals surface area contributed by atoms with Crippen molar-refractivity contribution in [3.63, 3.8) is 0 Å². The predicted octanol–water partition coefficient (Wildman–Crippen LogP) is -0.807. The Morgan fingerprint density at radius 3 is 0.963 bits per heavy atom. The van der Waals surface area contributed by atoms with Gasteiger partial charge in [-0.2, -0.15) is 0 Å². The maximum atomic E-state index is 12.0. The van der Waals surface area contributed by atoms with E-state index in [4.69, 9.17) is 56.8 Å². The molecule has 54 heavy (non-hydrogen) atoms. The first-order chi connectivity index (χ1) is 25.4. The van der Waals surface area contributed by atoms with E-state index in [1.165, 1.54) is 0 Å². The fraction of sp³-hybridized carbons (Fsp3) is 0.647. The van der Waals surface area contributed by atoms with E-state index in [1.807, 2.05) is 0 Å². The Balaban J connectivity index is 2.24. The van der Waals surface area contributed by atoms with E-state index in [9.17, 15) is 38.4 Å². The number of esters is 8. The number of carbonyl (C=O) groups is 8. The molecule has 20 nitrogen and oxygen atoms in total. The van der Waals surface area contributed by atoms with E-state index in [-0.39, 0.29) is 0 Å². The van der Waals surface area contributed by atoms with Gasteiger partial charge in [0.25, 0.3) is 0 Å². The van der Waals surface area contributed by atoms with Crippen molar-refractivity contribution in [3.05, 3.63) is 0 Å². The lowest BCUT2D eigenvalue weighted by molar-refractivity contribution is -0.305. The second-order valence-corrected chi connectivity index (χ2v) is 11.4.